The summed E-state index contributed by atoms with van der Waals surface area (Å²) in [7, 11) is 0. The summed E-state index contributed by atoms with van der Waals surface area (Å²) in [4.78, 5) is 27.5. The van der Waals surface area contributed by atoms with Crippen LogP contribution in [-0.4, -0.2) is 64.7 Å². The molecule has 0 aromatic rings. The van der Waals surface area contributed by atoms with E-state index in [1.165, 1.54) is 4.90 Å². The summed E-state index contributed by atoms with van der Waals surface area (Å²) in [5.74, 6) is -1.49. The number of hydrogen-bond acceptors (Lipinski definition) is 3. The Morgan fingerprint density at radius 3 is 2.26 bits per heavy atom. The number of aliphatic hydroxyl groups is 1. The molecule has 2 rings (SSSR count). The van der Waals surface area contributed by atoms with Gasteiger partial charge in [-0.2, -0.15) is 13.2 Å². The van der Waals surface area contributed by atoms with Gasteiger partial charge in [-0.15, -0.1) is 0 Å². The molecular formula is C15H23F3N2O3. The van der Waals surface area contributed by atoms with Crippen molar-refractivity contribution in [2.75, 3.05) is 19.6 Å². The average Bonchev–Trinajstić information content (AvgIpc) is 2.87. The first-order valence-electron chi connectivity index (χ1n) is 7.94. The molecule has 132 valence electrons. The smallest absolute Gasteiger partial charge is 0.383 e. The van der Waals surface area contributed by atoms with Crippen molar-refractivity contribution in [3.05, 3.63) is 0 Å². The lowest BCUT2D eigenvalue weighted by Gasteiger charge is -2.35. The number of piperidine rings is 1. The second-order valence-corrected chi connectivity index (χ2v) is 6.69. The van der Waals surface area contributed by atoms with Gasteiger partial charge in [-0.05, 0) is 32.6 Å². The van der Waals surface area contributed by atoms with Crippen LogP contribution in [-0.2, 0) is 9.59 Å². The molecule has 0 spiro atoms. The van der Waals surface area contributed by atoms with E-state index in [4.69, 9.17) is 0 Å². The minimum Gasteiger partial charge on any atom is -0.383 e. The number of hydrogen-bond donors (Lipinski definition) is 1. The molecule has 0 aliphatic carbocycles. The van der Waals surface area contributed by atoms with Crippen LogP contribution in [0.2, 0.25) is 0 Å². The Bertz CT molecular complexity index is 459. The molecule has 1 N–H and O–H groups in total. The van der Waals surface area contributed by atoms with Crippen LogP contribution in [0.4, 0.5) is 13.2 Å². The third-order valence-electron chi connectivity index (χ3n) is 4.76. The summed E-state index contributed by atoms with van der Waals surface area (Å²) >= 11 is 0. The van der Waals surface area contributed by atoms with Gasteiger partial charge in [-0.1, -0.05) is 0 Å². The van der Waals surface area contributed by atoms with E-state index < -0.39 is 24.1 Å². The first-order valence-corrected chi connectivity index (χ1v) is 7.94. The number of amides is 2. The monoisotopic (exact) mass is 336 g/mol. The first-order chi connectivity index (χ1) is 10.6. The lowest BCUT2D eigenvalue weighted by atomic mass is 9.90. The molecule has 0 aromatic heterocycles. The fourth-order valence-electron chi connectivity index (χ4n) is 3.36. The first kappa shape index (κ1) is 18.0. The van der Waals surface area contributed by atoms with Crippen molar-refractivity contribution in [3.63, 3.8) is 0 Å². The summed E-state index contributed by atoms with van der Waals surface area (Å²) in [5, 5.41) is 9.30. The van der Waals surface area contributed by atoms with E-state index in [0.717, 1.165) is 0 Å². The van der Waals surface area contributed by atoms with Gasteiger partial charge >= 0.3 is 6.18 Å². The Morgan fingerprint density at radius 2 is 1.83 bits per heavy atom. The van der Waals surface area contributed by atoms with Gasteiger partial charge in [0.25, 0.3) is 0 Å². The summed E-state index contributed by atoms with van der Waals surface area (Å²) in [5.41, 5.74) is 0. The fraction of sp³-hybridized carbons (Fsp3) is 0.867. The molecule has 2 atom stereocenters. The zero-order valence-electron chi connectivity index (χ0n) is 13.3. The van der Waals surface area contributed by atoms with Crippen molar-refractivity contribution in [3.8, 4) is 0 Å². The van der Waals surface area contributed by atoms with Crippen molar-refractivity contribution in [2.45, 2.75) is 51.4 Å². The molecule has 2 fully saturated rings. The van der Waals surface area contributed by atoms with Crippen LogP contribution < -0.4 is 0 Å². The molecule has 8 heteroatoms. The molecule has 0 aromatic carbocycles. The Morgan fingerprint density at radius 1 is 1.26 bits per heavy atom. The molecule has 23 heavy (non-hydrogen) atoms. The van der Waals surface area contributed by atoms with Crippen LogP contribution in [0.1, 0.15) is 33.1 Å². The van der Waals surface area contributed by atoms with Gasteiger partial charge in [-0.25, -0.2) is 0 Å². The summed E-state index contributed by atoms with van der Waals surface area (Å²) < 4.78 is 37.6. The number of likely N-dealkylation sites (tertiary alicyclic amines) is 2. The predicted molar refractivity (Wildman–Crippen MR) is 76.3 cm³/mol. The summed E-state index contributed by atoms with van der Waals surface area (Å²) in [6, 6.07) is 0.0352. The van der Waals surface area contributed by atoms with Crippen LogP contribution >= 0.6 is 0 Å². The van der Waals surface area contributed by atoms with E-state index in [-0.39, 0.29) is 50.2 Å². The molecule has 2 saturated heterocycles. The van der Waals surface area contributed by atoms with Crippen LogP contribution in [0, 0.1) is 11.8 Å². The Kier molecular flexibility index (Phi) is 5.23. The molecule has 2 aliphatic rings. The Labute approximate surface area is 133 Å². The molecule has 0 radical (unpaired) electrons. The molecule has 2 heterocycles. The van der Waals surface area contributed by atoms with E-state index >= 15 is 0 Å². The quantitative estimate of drug-likeness (QED) is 0.848. The van der Waals surface area contributed by atoms with Crippen LogP contribution in [0.3, 0.4) is 0 Å². The highest BCUT2D eigenvalue weighted by atomic mass is 19.4. The second-order valence-electron chi connectivity index (χ2n) is 6.69. The molecule has 0 saturated carbocycles. The largest absolute Gasteiger partial charge is 0.414 e. The average molecular weight is 336 g/mol. The molecule has 0 bridgehead atoms. The highest BCUT2D eigenvalue weighted by Crippen LogP contribution is 2.32. The molecule has 2 amide bonds. The highest BCUT2D eigenvalue weighted by molar-refractivity contribution is 5.89. The normalized spacial score (nSPS) is 25.3. The standard InChI is InChI=1S/C15H23F3N2O3/c1-9(2)20-8-11(7-12(20)21)14(23)19-5-3-10(4-6-19)13(22)15(16,17)18/h9-11,13,22H,3-8H2,1-2H3. The van der Waals surface area contributed by atoms with Crippen molar-refractivity contribution >= 4 is 11.8 Å². The van der Waals surface area contributed by atoms with Gasteiger partial charge in [-0.3, -0.25) is 9.59 Å². The van der Waals surface area contributed by atoms with Gasteiger partial charge in [0.05, 0.1) is 5.92 Å². The fourth-order valence-corrected chi connectivity index (χ4v) is 3.36. The number of nitrogens with zero attached hydrogens (tertiary/aromatic N) is 2. The maximum absolute atomic E-state index is 12.5. The maximum atomic E-state index is 12.5. The van der Waals surface area contributed by atoms with E-state index in [1.807, 2.05) is 13.8 Å². The van der Waals surface area contributed by atoms with Crippen molar-refractivity contribution < 1.29 is 27.9 Å². The minimum absolute atomic E-state index is 0.0352. The van der Waals surface area contributed by atoms with Crippen LogP contribution in [0.15, 0.2) is 0 Å². The summed E-state index contributed by atoms with van der Waals surface area (Å²) in [6.07, 6.45) is -6.53. The van der Waals surface area contributed by atoms with E-state index in [0.29, 0.717) is 6.54 Å². The molecule has 2 unspecified atom stereocenters. The zero-order valence-corrected chi connectivity index (χ0v) is 13.3. The lowest BCUT2D eigenvalue weighted by molar-refractivity contribution is -0.223. The minimum atomic E-state index is -4.62. The lowest BCUT2D eigenvalue weighted by Crippen LogP contribution is -2.47. The third kappa shape index (κ3) is 3.97. The zero-order chi connectivity index (χ0) is 17.4. The van der Waals surface area contributed by atoms with E-state index in [1.54, 1.807) is 4.90 Å². The van der Waals surface area contributed by atoms with E-state index in [9.17, 15) is 27.9 Å². The van der Waals surface area contributed by atoms with E-state index in [2.05, 4.69) is 0 Å². The topological polar surface area (TPSA) is 60.9 Å². The number of carbonyl (C=O) groups is 2. The molecule has 2 aliphatic heterocycles. The molecule has 5 nitrogen and oxygen atoms in total. The number of aliphatic hydroxyl groups excluding tert-OH is 1. The second kappa shape index (κ2) is 6.67. The number of halogens is 3. The van der Waals surface area contributed by atoms with Crippen LogP contribution in [0.5, 0.6) is 0 Å². The Hall–Kier alpha value is -1.31. The van der Waals surface area contributed by atoms with Crippen LogP contribution in [0.25, 0.3) is 0 Å². The van der Waals surface area contributed by atoms with Gasteiger partial charge < -0.3 is 14.9 Å². The SMILES string of the molecule is CC(C)N1CC(C(=O)N2CCC(C(O)C(F)(F)F)CC2)CC1=O. The summed E-state index contributed by atoms with van der Waals surface area (Å²) in [6.45, 7) is 4.54. The molecular weight excluding hydrogens is 313 g/mol. The Balaban J connectivity index is 1.88. The van der Waals surface area contributed by atoms with Gasteiger partial charge in [0.15, 0.2) is 6.10 Å². The van der Waals surface area contributed by atoms with Gasteiger partial charge in [0.1, 0.15) is 0 Å². The van der Waals surface area contributed by atoms with Gasteiger partial charge in [0, 0.05) is 32.1 Å². The number of alkyl halides is 3. The maximum Gasteiger partial charge on any atom is 0.414 e. The van der Waals surface area contributed by atoms with Crippen molar-refractivity contribution in [1.29, 1.82) is 0 Å². The highest BCUT2D eigenvalue weighted by Gasteiger charge is 2.45. The third-order valence-corrected chi connectivity index (χ3v) is 4.76. The van der Waals surface area contributed by atoms with Crippen molar-refractivity contribution in [2.24, 2.45) is 11.8 Å². The number of carbonyl (C=O) groups excluding carboxylic acids is 2. The van der Waals surface area contributed by atoms with Crippen molar-refractivity contribution in [1.82, 2.24) is 9.80 Å². The van der Waals surface area contributed by atoms with Gasteiger partial charge in [0.2, 0.25) is 11.8 Å². The predicted octanol–water partition coefficient (Wildman–Crippen LogP) is 1.41. The number of rotatable bonds is 3.